The molecule has 7 nitrogen and oxygen atoms in total. The second-order valence-electron chi connectivity index (χ2n) is 6.63. The molecule has 3 rings (SSSR count). The highest BCUT2D eigenvalue weighted by molar-refractivity contribution is 7.10. The second kappa shape index (κ2) is 11.9. The number of benzene rings is 2. The molecule has 1 aromatic heterocycles. The second-order valence-corrected chi connectivity index (χ2v) is 8.02. The summed E-state index contributed by atoms with van der Waals surface area (Å²) in [6.45, 7) is 0.434. The Kier molecular flexibility index (Phi) is 8.74. The summed E-state index contributed by atoms with van der Waals surface area (Å²) < 4.78 is 16.1. The molecule has 0 spiro atoms. The first-order chi connectivity index (χ1) is 16.0. The molecule has 0 radical (unpaired) electrons. The van der Waals surface area contributed by atoms with Crippen molar-refractivity contribution in [3.63, 3.8) is 0 Å². The number of rotatable bonds is 10. The van der Waals surface area contributed by atoms with E-state index < -0.39 is 11.8 Å². The number of amides is 2. The maximum atomic E-state index is 12.8. The zero-order valence-corrected chi connectivity index (χ0v) is 19.7. The Balaban J connectivity index is 1.68. The molecule has 33 heavy (non-hydrogen) atoms. The van der Waals surface area contributed by atoms with Gasteiger partial charge in [-0.05, 0) is 47.9 Å². The zero-order valence-electron chi connectivity index (χ0n) is 18.1. The summed E-state index contributed by atoms with van der Waals surface area (Å²) in [5, 5.41) is 7.81. The molecule has 2 aromatic carbocycles. The number of methoxy groups -OCH3 is 2. The van der Waals surface area contributed by atoms with Crippen molar-refractivity contribution in [3.05, 3.63) is 81.1 Å². The van der Waals surface area contributed by atoms with Crippen LogP contribution in [-0.4, -0.2) is 39.2 Å². The predicted molar refractivity (Wildman–Crippen MR) is 129 cm³/mol. The van der Waals surface area contributed by atoms with Gasteiger partial charge in [0.05, 0.1) is 25.8 Å². The van der Waals surface area contributed by atoms with Crippen LogP contribution < -0.4 is 24.8 Å². The van der Waals surface area contributed by atoms with E-state index >= 15 is 0 Å². The summed E-state index contributed by atoms with van der Waals surface area (Å²) in [7, 11) is 3.00. The molecule has 0 unspecified atom stereocenters. The van der Waals surface area contributed by atoms with Crippen molar-refractivity contribution in [2.75, 3.05) is 27.4 Å². The van der Waals surface area contributed by atoms with E-state index in [9.17, 15) is 9.59 Å². The van der Waals surface area contributed by atoms with Crippen molar-refractivity contribution in [1.29, 1.82) is 0 Å². The van der Waals surface area contributed by atoms with E-state index in [1.807, 2.05) is 23.6 Å². The Labute approximate surface area is 200 Å². The number of hydrogen-bond donors (Lipinski definition) is 2. The monoisotopic (exact) mass is 486 g/mol. The van der Waals surface area contributed by atoms with Crippen molar-refractivity contribution >= 4 is 40.8 Å². The maximum Gasteiger partial charge on any atom is 0.267 e. The average Bonchev–Trinajstić information content (AvgIpc) is 3.35. The lowest BCUT2D eigenvalue weighted by Crippen LogP contribution is -2.36. The van der Waals surface area contributed by atoms with Gasteiger partial charge in [-0.25, -0.2) is 0 Å². The van der Waals surface area contributed by atoms with Crippen LogP contribution in [-0.2, 0) is 4.79 Å². The van der Waals surface area contributed by atoms with Gasteiger partial charge in [0.25, 0.3) is 11.8 Å². The number of thiophene rings is 1. The number of nitrogens with one attached hydrogen (secondary N) is 2. The lowest BCUT2D eigenvalue weighted by Gasteiger charge is -2.13. The molecule has 172 valence electrons. The van der Waals surface area contributed by atoms with Gasteiger partial charge in [0.1, 0.15) is 18.1 Å². The van der Waals surface area contributed by atoms with Gasteiger partial charge in [-0.1, -0.05) is 29.8 Å². The molecule has 9 heteroatoms. The molecule has 2 N–H and O–H groups in total. The first-order valence-electron chi connectivity index (χ1n) is 9.96. The number of para-hydroxylation sites is 1. The van der Waals surface area contributed by atoms with Crippen LogP contribution in [0, 0.1) is 0 Å². The number of carbonyl (C=O) groups is 2. The van der Waals surface area contributed by atoms with Crippen LogP contribution in [0.5, 0.6) is 17.2 Å². The minimum Gasteiger partial charge on any atom is -0.493 e. The van der Waals surface area contributed by atoms with Crippen molar-refractivity contribution in [2.24, 2.45) is 0 Å². The maximum absolute atomic E-state index is 12.8. The number of halogens is 1. The van der Waals surface area contributed by atoms with Gasteiger partial charge >= 0.3 is 0 Å². The first kappa shape index (κ1) is 24.2. The number of carbonyl (C=O) groups excluding carboxylic acids is 2. The lowest BCUT2D eigenvalue weighted by atomic mass is 10.1. The van der Waals surface area contributed by atoms with E-state index in [0.717, 1.165) is 4.88 Å². The van der Waals surface area contributed by atoms with Crippen LogP contribution in [0.15, 0.2) is 65.7 Å². The molecule has 0 aliphatic rings. The fourth-order valence-electron chi connectivity index (χ4n) is 2.83. The van der Waals surface area contributed by atoms with Crippen molar-refractivity contribution in [3.8, 4) is 17.2 Å². The van der Waals surface area contributed by atoms with Crippen LogP contribution in [0.4, 0.5) is 0 Å². The van der Waals surface area contributed by atoms with Crippen molar-refractivity contribution < 1.29 is 23.8 Å². The Morgan fingerprint density at radius 3 is 2.48 bits per heavy atom. The molecule has 1 heterocycles. The van der Waals surface area contributed by atoms with Crippen molar-refractivity contribution in [1.82, 2.24) is 10.6 Å². The molecule has 2 amide bonds. The standard InChI is InChI=1S/C24H23ClN2O5S/c1-30-21-10-9-16(14-22(21)31-2)23(28)27-19(15-17-6-5-13-33-17)24(29)26-11-12-32-20-8-4-3-7-18(20)25/h3-10,13-15H,11-12H2,1-2H3,(H,26,29)(H,27,28)/b19-15-. The first-order valence-corrected chi connectivity index (χ1v) is 11.2. The van der Waals surface area contributed by atoms with Crippen LogP contribution >= 0.6 is 22.9 Å². The summed E-state index contributed by atoms with van der Waals surface area (Å²) in [5.74, 6) is 0.542. The van der Waals surface area contributed by atoms with E-state index in [2.05, 4.69) is 10.6 Å². The minimum absolute atomic E-state index is 0.106. The van der Waals surface area contributed by atoms with Gasteiger partial charge in [0.15, 0.2) is 11.5 Å². The highest BCUT2D eigenvalue weighted by atomic mass is 35.5. The molecular weight excluding hydrogens is 464 g/mol. The third-order valence-corrected chi connectivity index (χ3v) is 5.58. The lowest BCUT2D eigenvalue weighted by molar-refractivity contribution is -0.117. The summed E-state index contributed by atoms with van der Waals surface area (Å²) in [6.07, 6.45) is 1.62. The topological polar surface area (TPSA) is 85.9 Å². The zero-order chi connectivity index (χ0) is 23.6. The average molecular weight is 487 g/mol. The van der Waals surface area contributed by atoms with Crippen LogP contribution in [0.2, 0.25) is 5.02 Å². The summed E-state index contributed by atoms with van der Waals surface area (Å²) in [6, 6.07) is 15.6. The van der Waals surface area contributed by atoms with Gasteiger partial charge in [0.2, 0.25) is 0 Å². The summed E-state index contributed by atoms with van der Waals surface area (Å²) >= 11 is 7.51. The fraction of sp³-hybridized carbons (Fsp3) is 0.167. The molecule has 0 saturated carbocycles. The fourth-order valence-corrected chi connectivity index (χ4v) is 3.68. The highest BCUT2D eigenvalue weighted by Gasteiger charge is 2.16. The van der Waals surface area contributed by atoms with Gasteiger partial charge < -0.3 is 24.8 Å². The van der Waals surface area contributed by atoms with Crippen LogP contribution in [0.25, 0.3) is 6.08 Å². The Hall–Kier alpha value is -3.49. The molecule has 0 bridgehead atoms. The molecule has 0 aliphatic heterocycles. The van der Waals surface area contributed by atoms with Gasteiger partial charge in [0, 0.05) is 10.4 Å². The molecule has 0 atom stereocenters. The minimum atomic E-state index is -0.457. The van der Waals surface area contributed by atoms with E-state index in [0.29, 0.717) is 27.8 Å². The Morgan fingerprint density at radius 2 is 1.79 bits per heavy atom. The van der Waals surface area contributed by atoms with E-state index in [1.54, 1.807) is 42.5 Å². The van der Waals surface area contributed by atoms with Crippen LogP contribution in [0.1, 0.15) is 15.2 Å². The van der Waals surface area contributed by atoms with E-state index in [1.165, 1.54) is 25.6 Å². The number of hydrogen-bond acceptors (Lipinski definition) is 6. The Bertz CT molecular complexity index is 1130. The largest absolute Gasteiger partial charge is 0.493 e. The molecule has 0 fully saturated rings. The molecule has 0 saturated heterocycles. The van der Waals surface area contributed by atoms with Gasteiger partial charge in [-0.3, -0.25) is 9.59 Å². The smallest absolute Gasteiger partial charge is 0.267 e. The SMILES string of the molecule is COc1ccc(C(=O)N/C(=C\c2cccs2)C(=O)NCCOc2ccccc2Cl)cc1OC. The highest BCUT2D eigenvalue weighted by Crippen LogP contribution is 2.27. The van der Waals surface area contributed by atoms with Gasteiger partial charge in [-0.15, -0.1) is 11.3 Å². The van der Waals surface area contributed by atoms with E-state index in [4.69, 9.17) is 25.8 Å². The molecule has 3 aromatic rings. The summed E-state index contributed by atoms with van der Waals surface area (Å²) in [5.41, 5.74) is 0.426. The third kappa shape index (κ3) is 6.74. The number of ether oxygens (including phenoxy) is 3. The quantitative estimate of drug-likeness (QED) is 0.328. The third-order valence-electron chi connectivity index (χ3n) is 4.45. The molecule has 0 aliphatic carbocycles. The van der Waals surface area contributed by atoms with Crippen molar-refractivity contribution in [2.45, 2.75) is 0 Å². The van der Waals surface area contributed by atoms with Crippen LogP contribution in [0.3, 0.4) is 0 Å². The van der Waals surface area contributed by atoms with E-state index in [-0.39, 0.29) is 18.8 Å². The normalized spacial score (nSPS) is 10.9. The summed E-state index contributed by atoms with van der Waals surface area (Å²) in [4.78, 5) is 26.5. The Morgan fingerprint density at radius 1 is 1.00 bits per heavy atom. The molecular formula is C24H23ClN2O5S. The predicted octanol–water partition coefficient (Wildman–Crippen LogP) is 4.38. The van der Waals surface area contributed by atoms with Gasteiger partial charge in [-0.2, -0.15) is 0 Å².